The Labute approximate surface area is 162 Å². The molecule has 0 atom stereocenters. The van der Waals surface area contributed by atoms with Crippen LogP contribution in [-0.2, 0) is 17.8 Å². The van der Waals surface area contributed by atoms with Crippen molar-refractivity contribution in [2.45, 2.75) is 13.0 Å². The summed E-state index contributed by atoms with van der Waals surface area (Å²) in [6.07, 6.45) is 0.859. The maximum Gasteiger partial charge on any atom is 0.269 e. The van der Waals surface area contributed by atoms with E-state index in [1.807, 2.05) is 11.4 Å². The average molecular weight is 389 g/mol. The number of nitro groups is 1. The van der Waals surface area contributed by atoms with Gasteiger partial charge in [0.2, 0.25) is 5.91 Å². The lowest BCUT2D eigenvalue weighted by Gasteiger charge is -2.15. The first kappa shape index (κ1) is 20.4. The molecule has 1 aromatic carbocycles. The molecule has 0 spiro atoms. The van der Waals surface area contributed by atoms with Crippen molar-refractivity contribution >= 4 is 28.9 Å². The summed E-state index contributed by atoms with van der Waals surface area (Å²) in [6.45, 7) is 1.17. The molecule has 144 valence electrons. The third kappa shape index (κ3) is 7.06. The molecule has 27 heavy (non-hydrogen) atoms. The number of amides is 1. The minimum atomic E-state index is -0.432. The number of thiophene rings is 1. The van der Waals surface area contributed by atoms with Crippen LogP contribution in [0.5, 0.6) is 0 Å². The van der Waals surface area contributed by atoms with E-state index in [2.05, 4.69) is 21.7 Å². The van der Waals surface area contributed by atoms with E-state index in [1.165, 1.54) is 21.9 Å². The summed E-state index contributed by atoms with van der Waals surface area (Å²) in [4.78, 5) is 29.3. The Morgan fingerprint density at radius 2 is 1.96 bits per heavy atom. The summed E-state index contributed by atoms with van der Waals surface area (Å²) >= 11 is 1.69. The van der Waals surface area contributed by atoms with Gasteiger partial charge in [0, 0.05) is 37.6 Å². The summed E-state index contributed by atoms with van der Waals surface area (Å²) in [5.41, 5.74) is 0.894. The molecule has 0 fully saturated rings. The number of hydrogen-bond acceptors (Lipinski definition) is 5. The smallest absolute Gasteiger partial charge is 0.269 e. The fourth-order valence-corrected chi connectivity index (χ4v) is 2.85. The van der Waals surface area contributed by atoms with Crippen LogP contribution >= 0.6 is 11.3 Å². The van der Waals surface area contributed by atoms with Crippen molar-refractivity contribution in [2.24, 2.45) is 4.99 Å². The van der Waals surface area contributed by atoms with E-state index in [9.17, 15) is 14.9 Å². The number of hydrogen-bond donors (Lipinski definition) is 2. The Morgan fingerprint density at radius 3 is 2.56 bits per heavy atom. The van der Waals surface area contributed by atoms with Crippen molar-refractivity contribution in [1.29, 1.82) is 0 Å². The number of carbonyl (C=O) groups is 1. The monoisotopic (exact) mass is 389 g/mol. The highest BCUT2D eigenvalue weighted by molar-refractivity contribution is 7.09. The van der Waals surface area contributed by atoms with E-state index in [4.69, 9.17) is 0 Å². The maximum atomic E-state index is 11.8. The fraction of sp³-hybridized carbons (Fsp3) is 0.333. The number of rotatable bonds is 8. The highest BCUT2D eigenvalue weighted by Crippen LogP contribution is 2.12. The zero-order valence-corrected chi connectivity index (χ0v) is 16.2. The lowest BCUT2D eigenvalue weighted by molar-refractivity contribution is -0.384. The van der Waals surface area contributed by atoms with E-state index in [1.54, 1.807) is 37.6 Å². The molecule has 0 saturated heterocycles. The zero-order chi connectivity index (χ0) is 19.6. The number of nitrogens with one attached hydrogen (secondary N) is 2. The van der Waals surface area contributed by atoms with Crippen molar-refractivity contribution in [3.8, 4) is 0 Å². The van der Waals surface area contributed by atoms with Crippen LogP contribution < -0.4 is 10.6 Å². The normalized spacial score (nSPS) is 11.1. The third-order valence-electron chi connectivity index (χ3n) is 3.72. The van der Waals surface area contributed by atoms with Gasteiger partial charge in [0.1, 0.15) is 0 Å². The summed E-state index contributed by atoms with van der Waals surface area (Å²) in [7, 11) is 3.39. The lowest BCUT2D eigenvalue weighted by Crippen LogP contribution is -2.43. The van der Waals surface area contributed by atoms with Gasteiger partial charge in [-0.3, -0.25) is 14.9 Å². The molecule has 2 rings (SSSR count). The van der Waals surface area contributed by atoms with Gasteiger partial charge in [0.15, 0.2) is 5.96 Å². The standard InChI is InChI=1S/C18H23N5O3S/c1-22(2)17(24)13-21-18(19-10-9-16-4-3-11-27-16)20-12-14-5-7-15(8-6-14)23(25)26/h3-8,11H,9-10,12-13H2,1-2H3,(H2,19,20,21). The van der Waals surface area contributed by atoms with Crippen molar-refractivity contribution in [3.05, 3.63) is 62.3 Å². The van der Waals surface area contributed by atoms with Crippen LogP contribution in [0, 0.1) is 10.1 Å². The van der Waals surface area contributed by atoms with Crippen LogP contribution in [0.25, 0.3) is 0 Å². The molecule has 1 amide bonds. The average Bonchev–Trinajstić information content (AvgIpc) is 3.16. The molecule has 0 aliphatic rings. The summed E-state index contributed by atoms with van der Waals surface area (Å²) in [5.74, 6) is 0.471. The van der Waals surface area contributed by atoms with Crippen molar-refractivity contribution in [3.63, 3.8) is 0 Å². The lowest BCUT2D eigenvalue weighted by atomic mass is 10.2. The van der Waals surface area contributed by atoms with E-state index in [-0.39, 0.29) is 18.1 Å². The molecule has 0 saturated carbocycles. The molecule has 0 aliphatic heterocycles. The molecular formula is C18H23N5O3S. The molecule has 9 heteroatoms. The van der Waals surface area contributed by atoms with Gasteiger partial charge in [-0.1, -0.05) is 18.2 Å². The first-order chi connectivity index (χ1) is 13.0. The van der Waals surface area contributed by atoms with Crippen molar-refractivity contribution in [1.82, 2.24) is 15.5 Å². The van der Waals surface area contributed by atoms with Gasteiger partial charge >= 0.3 is 0 Å². The summed E-state index contributed by atoms with van der Waals surface area (Å²) < 4.78 is 0. The SMILES string of the molecule is CN(C)C(=O)CNC(=NCc1ccc([N+](=O)[O-])cc1)NCCc1cccs1. The van der Waals surface area contributed by atoms with Gasteiger partial charge < -0.3 is 15.5 Å². The molecule has 2 aromatic rings. The number of non-ortho nitro benzene ring substituents is 1. The van der Waals surface area contributed by atoms with Crippen LogP contribution in [0.3, 0.4) is 0 Å². The van der Waals surface area contributed by atoms with Crippen LogP contribution in [0.4, 0.5) is 5.69 Å². The van der Waals surface area contributed by atoms with E-state index in [0.29, 0.717) is 19.0 Å². The number of likely N-dealkylation sites (N-methyl/N-ethyl adjacent to an activating group) is 1. The van der Waals surface area contributed by atoms with E-state index in [0.717, 1.165) is 12.0 Å². The van der Waals surface area contributed by atoms with Gasteiger partial charge in [-0.05, 0) is 23.4 Å². The maximum absolute atomic E-state index is 11.8. The zero-order valence-electron chi connectivity index (χ0n) is 15.3. The Morgan fingerprint density at radius 1 is 1.22 bits per heavy atom. The molecule has 0 aliphatic carbocycles. The van der Waals surface area contributed by atoms with Crippen LogP contribution in [0.15, 0.2) is 46.8 Å². The predicted octanol–water partition coefficient (Wildman–Crippen LogP) is 2.02. The van der Waals surface area contributed by atoms with Crippen LogP contribution in [-0.4, -0.2) is 48.9 Å². The van der Waals surface area contributed by atoms with Gasteiger partial charge in [0.05, 0.1) is 18.0 Å². The Kier molecular flexibility index (Phi) is 7.75. The molecule has 1 heterocycles. The van der Waals surface area contributed by atoms with Crippen LogP contribution in [0.1, 0.15) is 10.4 Å². The Balaban J connectivity index is 1.96. The minimum Gasteiger partial charge on any atom is -0.356 e. The Hall–Kier alpha value is -2.94. The van der Waals surface area contributed by atoms with E-state index >= 15 is 0 Å². The van der Waals surface area contributed by atoms with Crippen LogP contribution in [0.2, 0.25) is 0 Å². The number of nitro benzene ring substituents is 1. The molecule has 8 nitrogen and oxygen atoms in total. The second-order valence-corrected chi connectivity index (χ2v) is 7.02. The predicted molar refractivity (Wildman–Crippen MR) is 107 cm³/mol. The molecule has 0 bridgehead atoms. The largest absolute Gasteiger partial charge is 0.356 e. The molecule has 0 radical (unpaired) electrons. The van der Waals surface area contributed by atoms with Crippen molar-refractivity contribution in [2.75, 3.05) is 27.2 Å². The highest BCUT2D eigenvalue weighted by atomic mass is 32.1. The first-order valence-corrected chi connectivity index (χ1v) is 9.31. The first-order valence-electron chi connectivity index (χ1n) is 8.44. The second-order valence-electron chi connectivity index (χ2n) is 5.99. The number of nitrogens with zero attached hydrogens (tertiary/aromatic N) is 3. The molecular weight excluding hydrogens is 366 g/mol. The summed E-state index contributed by atoms with van der Waals surface area (Å²) in [5, 5.41) is 19.0. The van der Waals surface area contributed by atoms with Crippen molar-refractivity contribution < 1.29 is 9.72 Å². The highest BCUT2D eigenvalue weighted by Gasteiger charge is 2.07. The molecule has 1 aromatic heterocycles. The van der Waals surface area contributed by atoms with Gasteiger partial charge in [-0.2, -0.15) is 0 Å². The fourth-order valence-electron chi connectivity index (χ4n) is 2.14. The topological polar surface area (TPSA) is 99.9 Å². The van der Waals surface area contributed by atoms with E-state index < -0.39 is 4.92 Å². The minimum absolute atomic E-state index is 0.0479. The molecule has 0 unspecified atom stereocenters. The third-order valence-corrected chi connectivity index (χ3v) is 4.65. The van der Waals surface area contributed by atoms with Gasteiger partial charge in [-0.15, -0.1) is 11.3 Å². The number of guanidine groups is 1. The van der Waals surface area contributed by atoms with Gasteiger partial charge in [-0.25, -0.2) is 4.99 Å². The quantitative estimate of drug-likeness (QED) is 0.311. The van der Waals surface area contributed by atoms with Gasteiger partial charge in [0.25, 0.3) is 5.69 Å². The Bertz CT molecular complexity index is 773. The molecule has 2 N–H and O–H groups in total. The summed E-state index contributed by atoms with van der Waals surface area (Å²) in [6, 6.07) is 10.3. The number of carbonyl (C=O) groups excluding carboxylic acids is 1. The second kappa shape index (κ2) is 10.3. The number of aliphatic imine (C=N–C) groups is 1. The number of benzene rings is 1.